The summed E-state index contributed by atoms with van der Waals surface area (Å²) in [6.45, 7) is 4.46. The van der Waals surface area contributed by atoms with Crippen molar-refractivity contribution in [1.82, 2.24) is 15.1 Å². The van der Waals surface area contributed by atoms with Crippen LogP contribution < -0.4 is 20.9 Å². The summed E-state index contributed by atoms with van der Waals surface area (Å²) in [4.78, 5) is 36.7. The van der Waals surface area contributed by atoms with Gasteiger partial charge in [0.1, 0.15) is 5.75 Å². The predicted molar refractivity (Wildman–Crippen MR) is 110 cm³/mol. The van der Waals surface area contributed by atoms with E-state index < -0.39 is 5.91 Å². The quantitative estimate of drug-likeness (QED) is 0.639. The maximum Gasteiger partial charge on any atom is 0.276 e. The van der Waals surface area contributed by atoms with E-state index in [-0.39, 0.29) is 23.8 Å². The van der Waals surface area contributed by atoms with Gasteiger partial charge in [-0.25, -0.2) is 4.68 Å². The van der Waals surface area contributed by atoms with Crippen molar-refractivity contribution in [2.24, 2.45) is 0 Å². The van der Waals surface area contributed by atoms with E-state index in [9.17, 15) is 14.4 Å². The molecule has 2 aromatic carbocycles. The number of nitrogens with zero attached hydrogens (tertiary/aromatic N) is 2. The summed E-state index contributed by atoms with van der Waals surface area (Å²) in [5, 5.41) is 10.6. The molecule has 0 aliphatic carbocycles. The molecule has 150 valence electrons. The van der Waals surface area contributed by atoms with Gasteiger partial charge in [-0.05, 0) is 44.2 Å². The molecule has 0 saturated heterocycles. The topological polar surface area (TPSA) is 102 Å². The van der Waals surface area contributed by atoms with Gasteiger partial charge in [-0.15, -0.1) is 0 Å². The molecule has 0 spiro atoms. The van der Waals surface area contributed by atoms with Gasteiger partial charge >= 0.3 is 0 Å². The number of carbonyl (C=O) groups is 2. The van der Waals surface area contributed by atoms with Crippen LogP contribution in [0.4, 0.5) is 5.69 Å². The molecule has 0 saturated carbocycles. The molecule has 0 radical (unpaired) electrons. The van der Waals surface area contributed by atoms with E-state index in [1.54, 1.807) is 55.5 Å². The first kappa shape index (κ1) is 20.1. The van der Waals surface area contributed by atoms with Crippen molar-refractivity contribution in [2.75, 3.05) is 18.5 Å². The van der Waals surface area contributed by atoms with Gasteiger partial charge in [0.2, 0.25) is 0 Å². The number of likely N-dealkylation sites (N-methyl/N-ethyl adjacent to an activating group) is 1. The maximum absolute atomic E-state index is 12.8. The Morgan fingerprint density at radius 2 is 1.72 bits per heavy atom. The summed E-state index contributed by atoms with van der Waals surface area (Å²) in [7, 11) is 0. The number of rotatable bonds is 7. The lowest BCUT2D eigenvalue weighted by molar-refractivity contribution is -0.122. The van der Waals surface area contributed by atoms with Crippen molar-refractivity contribution in [3.8, 4) is 5.75 Å². The number of amides is 2. The van der Waals surface area contributed by atoms with Crippen LogP contribution in [0.25, 0.3) is 10.8 Å². The summed E-state index contributed by atoms with van der Waals surface area (Å²) in [5.41, 5.74) is 0.493. The summed E-state index contributed by atoms with van der Waals surface area (Å²) >= 11 is 0. The minimum atomic E-state index is -0.417. The average molecular weight is 394 g/mol. The van der Waals surface area contributed by atoms with Crippen molar-refractivity contribution in [3.05, 3.63) is 64.6 Å². The first-order valence-electron chi connectivity index (χ1n) is 9.34. The molecule has 2 N–H and O–H groups in total. The van der Waals surface area contributed by atoms with Gasteiger partial charge in [0, 0.05) is 24.2 Å². The summed E-state index contributed by atoms with van der Waals surface area (Å²) in [6.07, 6.45) is 0. The molecule has 2 amide bonds. The zero-order valence-electron chi connectivity index (χ0n) is 16.3. The van der Waals surface area contributed by atoms with E-state index in [1.165, 1.54) is 4.68 Å². The first-order chi connectivity index (χ1) is 14.0. The van der Waals surface area contributed by atoms with Crippen LogP contribution in [0.5, 0.6) is 5.75 Å². The molecule has 0 bridgehead atoms. The van der Waals surface area contributed by atoms with Crippen LogP contribution in [0.15, 0.2) is 53.3 Å². The van der Waals surface area contributed by atoms with Gasteiger partial charge in [-0.1, -0.05) is 18.2 Å². The van der Waals surface area contributed by atoms with E-state index in [2.05, 4.69) is 15.7 Å². The van der Waals surface area contributed by atoms with Gasteiger partial charge in [-0.2, -0.15) is 5.10 Å². The molecule has 1 aromatic heterocycles. The summed E-state index contributed by atoms with van der Waals surface area (Å²) in [6, 6.07) is 13.6. The Kier molecular flexibility index (Phi) is 6.23. The number of hydrogen-bond donors (Lipinski definition) is 2. The molecular formula is C21H22N4O4. The molecular weight excluding hydrogens is 372 g/mol. The van der Waals surface area contributed by atoms with Crippen LogP contribution in [-0.4, -0.2) is 34.7 Å². The number of anilines is 1. The Hall–Kier alpha value is -3.68. The monoisotopic (exact) mass is 394 g/mol. The third kappa shape index (κ3) is 4.60. The lowest BCUT2D eigenvalue weighted by Crippen LogP contribution is -2.28. The average Bonchev–Trinajstić information content (AvgIpc) is 2.74. The highest BCUT2D eigenvalue weighted by molar-refractivity contribution is 6.11. The Bertz CT molecular complexity index is 1090. The number of aryl methyl sites for hydroxylation is 1. The molecule has 29 heavy (non-hydrogen) atoms. The minimum absolute atomic E-state index is 0.0754. The normalized spacial score (nSPS) is 10.6. The molecule has 0 aliphatic heterocycles. The number of fused-ring (bicyclic) bond motifs is 1. The second-order valence-corrected chi connectivity index (χ2v) is 6.24. The van der Waals surface area contributed by atoms with Gasteiger partial charge in [0.25, 0.3) is 17.4 Å². The Morgan fingerprint density at radius 3 is 2.38 bits per heavy atom. The second-order valence-electron chi connectivity index (χ2n) is 6.24. The summed E-state index contributed by atoms with van der Waals surface area (Å²) in [5.74, 6) is -0.106. The predicted octanol–water partition coefficient (Wildman–Crippen LogP) is 2.18. The van der Waals surface area contributed by atoms with Crippen LogP contribution in [-0.2, 0) is 11.3 Å². The molecule has 3 rings (SSSR count). The minimum Gasteiger partial charge on any atom is -0.484 e. The standard InChI is InChI=1S/C21H22N4O4/c1-3-22-18(26)13-29-15-11-9-14(10-12-15)23-20(27)19-16-7-5-6-8-17(16)21(28)25(4-2)24-19/h5-12H,3-4,13H2,1-2H3,(H,22,26)(H,23,27). The van der Waals surface area contributed by atoms with Crippen molar-refractivity contribution in [3.63, 3.8) is 0 Å². The summed E-state index contributed by atoms with van der Waals surface area (Å²) < 4.78 is 6.66. The Labute approximate surface area is 167 Å². The van der Waals surface area contributed by atoms with Crippen LogP contribution >= 0.6 is 0 Å². The molecule has 0 fully saturated rings. The van der Waals surface area contributed by atoms with Crippen molar-refractivity contribution in [2.45, 2.75) is 20.4 Å². The van der Waals surface area contributed by atoms with Crippen LogP contribution in [0, 0.1) is 0 Å². The highest BCUT2D eigenvalue weighted by atomic mass is 16.5. The fourth-order valence-electron chi connectivity index (χ4n) is 2.84. The highest BCUT2D eigenvalue weighted by Crippen LogP contribution is 2.18. The lowest BCUT2D eigenvalue weighted by Gasteiger charge is -2.11. The van der Waals surface area contributed by atoms with Gasteiger partial charge in [-0.3, -0.25) is 14.4 Å². The van der Waals surface area contributed by atoms with Gasteiger partial charge < -0.3 is 15.4 Å². The molecule has 0 aliphatic rings. The van der Waals surface area contributed by atoms with E-state index in [4.69, 9.17) is 4.74 Å². The molecule has 8 heteroatoms. The van der Waals surface area contributed by atoms with E-state index in [0.717, 1.165) is 0 Å². The van der Waals surface area contributed by atoms with Crippen molar-refractivity contribution < 1.29 is 14.3 Å². The Balaban J connectivity index is 1.78. The van der Waals surface area contributed by atoms with Gasteiger partial charge in [0.05, 0.1) is 5.39 Å². The SMILES string of the molecule is CCNC(=O)COc1ccc(NC(=O)c2nn(CC)c(=O)c3ccccc23)cc1. The number of aromatic nitrogens is 2. The second kappa shape index (κ2) is 9.01. The van der Waals surface area contributed by atoms with Crippen molar-refractivity contribution >= 4 is 28.3 Å². The van der Waals surface area contributed by atoms with E-state index in [0.29, 0.717) is 35.3 Å². The molecule has 8 nitrogen and oxygen atoms in total. The number of hydrogen-bond acceptors (Lipinski definition) is 5. The van der Waals surface area contributed by atoms with Crippen molar-refractivity contribution in [1.29, 1.82) is 0 Å². The smallest absolute Gasteiger partial charge is 0.276 e. The lowest BCUT2D eigenvalue weighted by atomic mass is 10.1. The van der Waals surface area contributed by atoms with Crippen LogP contribution in [0.2, 0.25) is 0 Å². The first-order valence-corrected chi connectivity index (χ1v) is 9.34. The number of nitrogens with one attached hydrogen (secondary N) is 2. The zero-order chi connectivity index (χ0) is 20.8. The third-order valence-corrected chi connectivity index (χ3v) is 4.24. The fraction of sp³-hybridized carbons (Fsp3) is 0.238. The number of carbonyl (C=O) groups excluding carboxylic acids is 2. The van der Waals surface area contributed by atoms with E-state index in [1.807, 2.05) is 6.92 Å². The third-order valence-electron chi connectivity index (χ3n) is 4.24. The largest absolute Gasteiger partial charge is 0.484 e. The number of ether oxygens (including phenoxy) is 1. The molecule has 0 atom stereocenters. The van der Waals surface area contributed by atoms with E-state index >= 15 is 0 Å². The molecule has 1 heterocycles. The molecule has 0 unspecified atom stereocenters. The fourth-order valence-corrected chi connectivity index (χ4v) is 2.84. The molecule has 3 aromatic rings. The number of benzene rings is 2. The van der Waals surface area contributed by atoms with Gasteiger partial charge in [0.15, 0.2) is 12.3 Å². The van der Waals surface area contributed by atoms with Crippen LogP contribution in [0.1, 0.15) is 24.3 Å². The highest BCUT2D eigenvalue weighted by Gasteiger charge is 2.16. The Morgan fingerprint density at radius 1 is 1.03 bits per heavy atom. The maximum atomic E-state index is 12.8. The zero-order valence-corrected chi connectivity index (χ0v) is 16.3. The van der Waals surface area contributed by atoms with Crippen LogP contribution in [0.3, 0.4) is 0 Å².